The summed E-state index contributed by atoms with van der Waals surface area (Å²) in [4.78, 5) is 9.99. The number of hydrogen-bond acceptors (Lipinski definition) is 7. The molecule has 1 aliphatic rings. The highest BCUT2D eigenvalue weighted by atomic mass is 32.2. The molecule has 106 valence electrons. The first-order chi connectivity index (χ1) is 9.03. The van der Waals surface area contributed by atoms with Gasteiger partial charge in [-0.1, -0.05) is 6.92 Å². The SMILES string of the molecule is CCCOc1ncnc(N2CCS(=O)(=O)CC2)c1N. The van der Waals surface area contributed by atoms with Crippen molar-refractivity contribution in [2.45, 2.75) is 13.3 Å². The second kappa shape index (κ2) is 5.60. The average Bonchev–Trinajstić information content (AvgIpc) is 2.38. The Labute approximate surface area is 112 Å². The van der Waals surface area contributed by atoms with Gasteiger partial charge in [-0.05, 0) is 6.42 Å². The highest BCUT2D eigenvalue weighted by Gasteiger charge is 2.24. The number of sulfone groups is 1. The summed E-state index contributed by atoms with van der Waals surface area (Å²) in [6.07, 6.45) is 2.25. The van der Waals surface area contributed by atoms with Crippen molar-refractivity contribution in [3.8, 4) is 5.88 Å². The second-order valence-electron chi connectivity index (χ2n) is 4.40. The fourth-order valence-corrected chi connectivity index (χ4v) is 3.06. The molecule has 0 bridgehead atoms. The van der Waals surface area contributed by atoms with Crippen LogP contribution in [-0.2, 0) is 9.84 Å². The topological polar surface area (TPSA) is 98.4 Å². The first-order valence-corrected chi connectivity index (χ1v) is 8.04. The zero-order valence-corrected chi connectivity index (χ0v) is 11.7. The van der Waals surface area contributed by atoms with Crippen molar-refractivity contribution in [2.24, 2.45) is 0 Å². The van der Waals surface area contributed by atoms with Crippen molar-refractivity contribution >= 4 is 21.3 Å². The van der Waals surface area contributed by atoms with Gasteiger partial charge in [0.05, 0.1) is 18.1 Å². The molecule has 0 unspecified atom stereocenters. The maximum absolute atomic E-state index is 11.4. The van der Waals surface area contributed by atoms with Crippen molar-refractivity contribution in [1.29, 1.82) is 0 Å². The Morgan fingerprint density at radius 2 is 2.05 bits per heavy atom. The third kappa shape index (κ3) is 3.25. The molecule has 0 aromatic carbocycles. The molecule has 0 atom stereocenters. The molecule has 0 aliphatic carbocycles. The van der Waals surface area contributed by atoms with Crippen LogP contribution in [0.1, 0.15) is 13.3 Å². The van der Waals surface area contributed by atoms with Gasteiger partial charge in [0.1, 0.15) is 12.0 Å². The highest BCUT2D eigenvalue weighted by Crippen LogP contribution is 2.28. The molecule has 1 aromatic heterocycles. The van der Waals surface area contributed by atoms with Gasteiger partial charge in [-0.15, -0.1) is 0 Å². The van der Waals surface area contributed by atoms with E-state index in [1.807, 2.05) is 11.8 Å². The number of anilines is 2. The normalized spacial score (nSPS) is 18.3. The number of rotatable bonds is 4. The quantitative estimate of drug-likeness (QED) is 0.837. The fraction of sp³-hybridized carbons (Fsp3) is 0.636. The zero-order valence-electron chi connectivity index (χ0n) is 10.9. The van der Waals surface area contributed by atoms with Gasteiger partial charge in [0.2, 0.25) is 5.88 Å². The molecule has 0 saturated carbocycles. The summed E-state index contributed by atoms with van der Waals surface area (Å²) in [6.45, 7) is 3.33. The zero-order chi connectivity index (χ0) is 13.9. The summed E-state index contributed by atoms with van der Waals surface area (Å²) in [5.41, 5.74) is 6.35. The third-order valence-corrected chi connectivity index (χ3v) is 4.52. The van der Waals surface area contributed by atoms with E-state index >= 15 is 0 Å². The Morgan fingerprint density at radius 1 is 1.37 bits per heavy atom. The van der Waals surface area contributed by atoms with E-state index in [1.54, 1.807) is 0 Å². The lowest BCUT2D eigenvalue weighted by atomic mass is 10.4. The van der Waals surface area contributed by atoms with Gasteiger partial charge in [0.15, 0.2) is 15.7 Å². The van der Waals surface area contributed by atoms with Crippen molar-refractivity contribution in [1.82, 2.24) is 9.97 Å². The van der Waals surface area contributed by atoms with E-state index in [4.69, 9.17) is 10.5 Å². The van der Waals surface area contributed by atoms with Gasteiger partial charge in [0, 0.05) is 13.1 Å². The predicted octanol–water partition coefficient (Wildman–Crippen LogP) is 0.0824. The largest absolute Gasteiger partial charge is 0.476 e. The van der Waals surface area contributed by atoms with Crippen molar-refractivity contribution < 1.29 is 13.2 Å². The maximum Gasteiger partial charge on any atom is 0.242 e. The maximum atomic E-state index is 11.4. The van der Waals surface area contributed by atoms with Crippen LogP contribution in [0.3, 0.4) is 0 Å². The molecular formula is C11H18N4O3S. The monoisotopic (exact) mass is 286 g/mol. The minimum Gasteiger partial charge on any atom is -0.476 e. The van der Waals surface area contributed by atoms with Gasteiger partial charge >= 0.3 is 0 Å². The molecule has 1 fully saturated rings. The van der Waals surface area contributed by atoms with Crippen LogP contribution in [0.25, 0.3) is 0 Å². The molecule has 0 amide bonds. The van der Waals surface area contributed by atoms with Crippen LogP contribution < -0.4 is 15.4 Å². The van der Waals surface area contributed by atoms with E-state index in [0.717, 1.165) is 6.42 Å². The molecule has 8 heteroatoms. The summed E-state index contributed by atoms with van der Waals surface area (Å²) in [7, 11) is -2.92. The predicted molar refractivity (Wildman–Crippen MR) is 73.1 cm³/mol. The van der Waals surface area contributed by atoms with Gasteiger partial charge in [-0.2, -0.15) is 4.98 Å². The van der Waals surface area contributed by atoms with Gasteiger partial charge in [-0.25, -0.2) is 13.4 Å². The molecular weight excluding hydrogens is 268 g/mol. The first kappa shape index (κ1) is 13.9. The molecule has 2 heterocycles. The third-order valence-electron chi connectivity index (χ3n) is 2.91. The number of nitrogen functional groups attached to an aromatic ring is 1. The van der Waals surface area contributed by atoms with Crippen LogP contribution in [-0.4, -0.2) is 49.6 Å². The number of aromatic nitrogens is 2. The lowest BCUT2D eigenvalue weighted by molar-refractivity contribution is 0.306. The minimum absolute atomic E-state index is 0.127. The van der Waals surface area contributed by atoms with Gasteiger partial charge in [0.25, 0.3) is 0 Å². The van der Waals surface area contributed by atoms with Crippen LogP contribution in [0.5, 0.6) is 5.88 Å². The molecule has 2 rings (SSSR count). The Balaban J connectivity index is 2.16. The molecule has 0 radical (unpaired) electrons. The Bertz CT molecular complexity index is 533. The summed E-state index contributed by atoms with van der Waals surface area (Å²) in [5, 5.41) is 0. The number of ether oxygens (including phenoxy) is 1. The summed E-state index contributed by atoms with van der Waals surface area (Å²) < 4.78 is 28.2. The van der Waals surface area contributed by atoms with Crippen LogP contribution >= 0.6 is 0 Å². The molecule has 1 aliphatic heterocycles. The Hall–Kier alpha value is -1.57. The van der Waals surface area contributed by atoms with Crippen molar-refractivity contribution in [2.75, 3.05) is 41.8 Å². The van der Waals surface area contributed by atoms with Gasteiger partial charge < -0.3 is 15.4 Å². The van der Waals surface area contributed by atoms with E-state index in [-0.39, 0.29) is 11.5 Å². The van der Waals surface area contributed by atoms with Crippen LogP contribution in [0.2, 0.25) is 0 Å². The first-order valence-electron chi connectivity index (χ1n) is 6.22. The second-order valence-corrected chi connectivity index (χ2v) is 6.71. The van der Waals surface area contributed by atoms with E-state index < -0.39 is 9.84 Å². The van der Waals surface area contributed by atoms with Crippen molar-refractivity contribution in [3.05, 3.63) is 6.33 Å². The van der Waals surface area contributed by atoms with Gasteiger partial charge in [-0.3, -0.25) is 0 Å². The summed E-state index contributed by atoms with van der Waals surface area (Å²) in [5.74, 6) is 1.17. The average molecular weight is 286 g/mol. The smallest absolute Gasteiger partial charge is 0.242 e. The van der Waals surface area contributed by atoms with Crippen LogP contribution in [0, 0.1) is 0 Å². The van der Waals surface area contributed by atoms with E-state index in [0.29, 0.717) is 37.1 Å². The number of nitrogens with zero attached hydrogens (tertiary/aromatic N) is 3. The molecule has 19 heavy (non-hydrogen) atoms. The van der Waals surface area contributed by atoms with E-state index in [1.165, 1.54) is 6.33 Å². The fourth-order valence-electron chi connectivity index (χ4n) is 1.86. The van der Waals surface area contributed by atoms with Crippen LogP contribution in [0.4, 0.5) is 11.5 Å². The Morgan fingerprint density at radius 3 is 2.68 bits per heavy atom. The summed E-state index contributed by atoms with van der Waals surface area (Å²) in [6, 6.07) is 0. The summed E-state index contributed by atoms with van der Waals surface area (Å²) >= 11 is 0. The molecule has 0 spiro atoms. The lowest BCUT2D eigenvalue weighted by Gasteiger charge is -2.28. The Kier molecular flexibility index (Phi) is 4.08. The molecule has 1 aromatic rings. The minimum atomic E-state index is -2.92. The standard InChI is InChI=1S/C11H18N4O3S/c1-2-5-18-11-9(12)10(13-8-14-11)15-3-6-19(16,17)7-4-15/h8H,2-7,12H2,1H3. The van der Waals surface area contributed by atoms with E-state index in [2.05, 4.69) is 9.97 Å². The molecule has 2 N–H and O–H groups in total. The highest BCUT2D eigenvalue weighted by molar-refractivity contribution is 7.91. The number of hydrogen-bond donors (Lipinski definition) is 1. The van der Waals surface area contributed by atoms with Crippen molar-refractivity contribution in [3.63, 3.8) is 0 Å². The molecule has 7 nitrogen and oxygen atoms in total. The van der Waals surface area contributed by atoms with Crippen LogP contribution in [0.15, 0.2) is 6.33 Å². The lowest BCUT2D eigenvalue weighted by Crippen LogP contribution is -2.41. The van der Waals surface area contributed by atoms with E-state index in [9.17, 15) is 8.42 Å². The number of nitrogens with two attached hydrogens (primary N) is 1. The molecule has 1 saturated heterocycles.